The summed E-state index contributed by atoms with van der Waals surface area (Å²) in [4.78, 5) is 0. The number of aryl methyl sites for hydroxylation is 1. The lowest BCUT2D eigenvalue weighted by molar-refractivity contribution is 0.268. The zero-order valence-corrected chi connectivity index (χ0v) is 11.8. The van der Waals surface area contributed by atoms with Gasteiger partial charge in [-0.25, -0.2) is 4.39 Å². The maximum Gasteiger partial charge on any atom is 0.126 e. The van der Waals surface area contributed by atoms with Gasteiger partial charge in [-0.15, -0.1) is 0 Å². The van der Waals surface area contributed by atoms with Crippen molar-refractivity contribution in [2.24, 2.45) is 5.41 Å². The van der Waals surface area contributed by atoms with Gasteiger partial charge in [0.15, 0.2) is 0 Å². The predicted octanol–water partition coefficient (Wildman–Crippen LogP) is 4.22. The topological polar surface area (TPSA) is 12.0 Å². The first kappa shape index (κ1) is 14.2. The minimum atomic E-state index is -0.125. The molecule has 0 aliphatic carbocycles. The summed E-state index contributed by atoms with van der Waals surface area (Å²) < 4.78 is 13.5. The molecule has 1 rings (SSSR count). The van der Waals surface area contributed by atoms with Crippen molar-refractivity contribution in [3.05, 3.63) is 35.1 Å². The Morgan fingerprint density at radius 3 is 2.24 bits per heavy atom. The van der Waals surface area contributed by atoms with E-state index in [4.69, 9.17) is 0 Å². The Bertz CT molecular complexity index is 379. The summed E-state index contributed by atoms with van der Waals surface area (Å²) >= 11 is 0. The van der Waals surface area contributed by atoms with Crippen LogP contribution in [-0.2, 0) is 0 Å². The van der Waals surface area contributed by atoms with E-state index in [0.717, 1.165) is 5.56 Å². The molecule has 0 fully saturated rings. The van der Waals surface area contributed by atoms with E-state index in [1.807, 2.05) is 12.1 Å². The highest BCUT2D eigenvalue weighted by atomic mass is 19.1. The van der Waals surface area contributed by atoms with Gasteiger partial charge in [-0.3, -0.25) is 0 Å². The third-order valence-corrected chi connectivity index (χ3v) is 3.49. The molecule has 0 radical (unpaired) electrons. The van der Waals surface area contributed by atoms with E-state index in [1.54, 1.807) is 13.0 Å². The number of hydrogen-bond donors (Lipinski definition) is 1. The van der Waals surface area contributed by atoms with Gasteiger partial charge in [0.25, 0.3) is 0 Å². The van der Waals surface area contributed by atoms with Crippen LogP contribution in [0.3, 0.4) is 0 Å². The number of benzene rings is 1. The minimum Gasteiger partial charge on any atom is -0.307 e. The van der Waals surface area contributed by atoms with Gasteiger partial charge in [-0.2, -0.15) is 0 Å². The molecule has 0 heterocycles. The van der Waals surface area contributed by atoms with Crippen LogP contribution in [0.2, 0.25) is 0 Å². The van der Waals surface area contributed by atoms with Crippen LogP contribution in [0.1, 0.15) is 51.8 Å². The van der Waals surface area contributed by atoms with Gasteiger partial charge in [0.2, 0.25) is 0 Å². The summed E-state index contributed by atoms with van der Waals surface area (Å²) in [5.74, 6) is -0.125. The normalized spacial score (nSPS) is 15.7. The van der Waals surface area contributed by atoms with Crippen LogP contribution < -0.4 is 5.32 Å². The molecule has 0 aliphatic rings. The summed E-state index contributed by atoms with van der Waals surface area (Å²) in [6, 6.07) is 6.00. The highest BCUT2D eigenvalue weighted by molar-refractivity contribution is 5.25. The smallest absolute Gasteiger partial charge is 0.126 e. The first-order chi connectivity index (χ1) is 7.71. The van der Waals surface area contributed by atoms with E-state index >= 15 is 0 Å². The number of hydrogen-bond acceptors (Lipinski definition) is 1. The fourth-order valence-electron chi connectivity index (χ4n) is 1.60. The largest absolute Gasteiger partial charge is 0.307 e. The summed E-state index contributed by atoms with van der Waals surface area (Å²) in [5.41, 5.74) is 1.91. The van der Waals surface area contributed by atoms with Crippen molar-refractivity contribution < 1.29 is 4.39 Å². The molecule has 0 bridgehead atoms. The highest BCUT2D eigenvalue weighted by Crippen LogP contribution is 2.23. The molecule has 1 aromatic carbocycles. The number of nitrogens with one attached hydrogen (secondary N) is 1. The molecule has 1 nitrogen and oxygen atoms in total. The average Bonchev–Trinajstić information content (AvgIpc) is 2.20. The lowest BCUT2D eigenvalue weighted by Gasteiger charge is -2.31. The van der Waals surface area contributed by atoms with Crippen molar-refractivity contribution in [1.29, 1.82) is 0 Å². The van der Waals surface area contributed by atoms with E-state index in [0.29, 0.717) is 11.6 Å². The van der Waals surface area contributed by atoms with E-state index in [9.17, 15) is 4.39 Å². The van der Waals surface area contributed by atoms with Crippen molar-refractivity contribution in [3.63, 3.8) is 0 Å². The van der Waals surface area contributed by atoms with Crippen LogP contribution in [0, 0.1) is 18.2 Å². The van der Waals surface area contributed by atoms with Gasteiger partial charge in [-0.05, 0) is 43.4 Å². The SMILES string of the molecule is Cc1ccc(C(C)NC(C)C(C)(C)C)cc1F. The van der Waals surface area contributed by atoms with Crippen molar-refractivity contribution in [2.75, 3.05) is 0 Å². The molecule has 0 saturated heterocycles. The first-order valence-corrected chi connectivity index (χ1v) is 6.24. The number of rotatable bonds is 3. The molecule has 1 aromatic rings. The highest BCUT2D eigenvalue weighted by Gasteiger charge is 2.21. The molecule has 17 heavy (non-hydrogen) atoms. The summed E-state index contributed by atoms with van der Waals surface area (Å²) in [7, 11) is 0. The van der Waals surface area contributed by atoms with Crippen LogP contribution in [0.25, 0.3) is 0 Å². The molecule has 0 aromatic heterocycles. The Morgan fingerprint density at radius 2 is 1.76 bits per heavy atom. The molecule has 2 atom stereocenters. The standard InChI is InChI=1S/C15H24FN/c1-10-7-8-13(9-14(10)16)11(2)17-12(3)15(4,5)6/h7-9,11-12,17H,1-6H3. The molecule has 0 saturated carbocycles. The second-order valence-electron chi connectivity index (χ2n) is 5.98. The van der Waals surface area contributed by atoms with Crippen LogP contribution in [-0.4, -0.2) is 6.04 Å². The zero-order valence-electron chi connectivity index (χ0n) is 11.8. The molecule has 0 aliphatic heterocycles. The third-order valence-electron chi connectivity index (χ3n) is 3.49. The Hall–Kier alpha value is -0.890. The summed E-state index contributed by atoms with van der Waals surface area (Å²) in [6.07, 6.45) is 0. The second kappa shape index (κ2) is 5.18. The summed E-state index contributed by atoms with van der Waals surface area (Å²) in [6.45, 7) is 12.6. The van der Waals surface area contributed by atoms with Gasteiger partial charge in [0.1, 0.15) is 5.82 Å². The van der Waals surface area contributed by atoms with Crippen LogP contribution >= 0.6 is 0 Å². The molecule has 1 N–H and O–H groups in total. The molecule has 0 amide bonds. The molecule has 0 spiro atoms. The molecule has 2 heteroatoms. The van der Waals surface area contributed by atoms with Gasteiger partial charge in [0, 0.05) is 12.1 Å². The van der Waals surface area contributed by atoms with E-state index < -0.39 is 0 Å². The van der Waals surface area contributed by atoms with Crippen LogP contribution in [0.5, 0.6) is 0 Å². The maximum absolute atomic E-state index is 13.5. The van der Waals surface area contributed by atoms with Crippen molar-refractivity contribution in [2.45, 2.75) is 53.6 Å². The maximum atomic E-state index is 13.5. The Kier molecular flexibility index (Phi) is 4.31. The zero-order chi connectivity index (χ0) is 13.2. The minimum absolute atomic E-state index is 0.125. The van der Waals surface area contributed by atoms with Gasteiger partial charge < -0.3 is 5.32 Å². The van der Waals surface area contributed by atoms with E-state index in [2.05, 4.69) is 39.9 Å². The molecular weight excluding hydrogens is 213 g/mol. The van der Waals surface area contributed by atoms with Crippen LogP contribution in [0.15, 0.2) is 18.2 Å². The third kappa shape index (κ3) is 3.81. The number of halogens is 1. The Balaban J connectivity index is 2.76. The van der Waals surface area contributed by atoms with Gasteiger partial charge in [-0.1, -0.05) is 32.9 Å². The fourth-order valence-corrected chi connectivity index (χ4v) is 1.60. The van der Waals surface area contributed by atoms with Crippen molar-refractivity contribution >= 4 is 0 Å². The summed E-state index contributed by atoms with van der Waals surface area (Å²) in [5, 5.41) is 3.52. The fraction of sp³-hybridized carbons (Fsp3) is 0.600. The molecule has 2 unspecified atom stereocenters. The van der Waals surface area contributed by atoms with Crippen molar-refractivity contribution in [1.82, 2.24) is 5.32 Å². The lowest BCUT2D eigenvalue weighted by atomic mass is 9.87. The monoisotopic (exact) mass is 237 g/mol. The van der Waals surface area contributed by atoms with Gasteiger partial charge >= 0.3 is 0 Å². The van der Waals surface area contributed by atoms with E-state index in [1.165, 1.54) is 0 Å². The van der Waals surface area contributed by atoms with Gasteiger partial charge in [0.05, 0.1) is 0 Å². The quantitative estimate of drug-likeness (QED) is 0.830. The van der Waals surface area contributed by atoms with Crippen LogP contribution in [0.4, 0.5) is 4.39 Å². The lowest BCUT2D eigenvalue weighted by Crippen LogP contribution is -2.39. The first-order valence-electron chi connectivity index (χ1n) is 6.24. The second-order valence-corrected chi connectivity index (χ2v) is 5.98. The molecule has 96 valence electrons. The van der Waals surface area contributed by atoms with E-state index in [-0.39, 0.29) is 17.3 Å². The Labute approximate surface area is 104 Å². The van der Waals surface area contributed by atoms with Crippen molar-refractivity contribution in [3.8, 4) is 0 Å². The average molecular weight is 237 g/mol. The Morgan fingerprint density at radius 1 is 1.18 bits per heavy atom. The molecular formula is C15H24FN. The predicted molar refractivity (Wildman–Crippen MR) is 71.6 cm³/mol.